The summed E-state index contributed by atoms with van der Waals surface area (Å²) in [7, 11) is 0. The summed E-state index contributed by atoms with van der Waals surface area (Å²) in [5.41, 5.74) is 13.8. The van der Waals surface area contributed by atoms with Gasteiger partial charge in [-0.1, -0.05) is 43.3 Å². The molecule has 198 valence electrons. The second kappa shape index (κ2) is 12.2. The Morgan fingerprint density at radius 3 is 1.55 bits per heavy atom. The van der Waals surface area contributed by atoms with Gasteiger partial charge in [0.2, 0.25) is 0 Å². The standard InChI is InChI=1S/C30H30N2O5.H2O/c1-30(18-28(34)29(35)19-33,20-8-12-24(13-9-20)36-26-6-2-4-22(31)16-26)21-10-14-25(15-11-21)37-27-7-3-5-23(32)17-27;/h2-17,29,33,35H,18-19,31-32H2,1H3;1H2. The maximum absolute atomic E-state index is 12.7. The Kier molecular flexibility index (Phi) is 9.09. The molecule has 0 aliphatic heterocycles. The summed E-state index contributed by atoms with van der Waals surface area (Å²) in [6.45, 7) is 1.30. The molecule has 4 aromatic rings. The van der Waals surface area contributed by atoms with Crippen molar-refractivity contribution in [1.29, 1.82) is 0 Å². The van der Waals surface area contributed by atoms with Gasteiger partial charge in [0.25, 0.3) is 0 Å². The highest BCUT2D eigenvalue weighted by molar-refractivity contribution is 5.85. The summed E-state index contributed by atoms with van der Waals surface area (Å²) in [6, 6.07) is 29.1. The van der Waals surface area contributed by atoms with Gasteiger partial charge in [-0.05, 0) is 59.7 Å². The van der Waals surface area contributed by atoms with Crippen LogP contribution in [0.2, 0.25) is 0 Å². The number of Topliss-reactive ketones (excluding diaryl/α,β-unsaturated/α-hetero) is 1. The highest BCUT2D eigenvalue weighted by Gasteiger charge is 2.34. The van der Waals surface area contributed by atoms with E-state index in [0.29, 0.717) is 34.4 Å². The van der Waals surface area contributed by atoms with Gasteiger partial charge in [-0.3, -0.25) is 4.79 Å². The van der Waals surface area contributed by atoms with Gasteiger partial charge in [0.15, 0.2) is 5.78 Å². The normalized spacial score (nSPS) is 11.8. The SMILES string of the molecule is CC(CC(=O)C(O)CO)(c1ccc(Oc2cccc(N)c2)cc1)c1ccc(Oc2cccc(N)c2)cc1.O. The molecule has 0 heterocycles. The number of aliphatic hydroxyl groups is 2. The molecule has 0 aliphatic rings. The molecule has 0 aromatic heterocycles. The van der Waals surface area contributed by atoms with Crippen molar-refractivity contribution in [2.75, 3.05) is 18.1 Å². The Hall–Kier alpha value is -4.37. The number of carbonyl (C=O) groups is 1. The van der Waals surface area contributed by atoms with Crippen LogP contribution in [-0.2, 0) is 10.2 Å². The average molecular weight is 517 g/mol. The van der Waals surface area contributed by atoms with Crippen LogP contribution in [0.4, 0.5) is 11.4 Å². The van der Waals surface area contributed by atoms with E-state index in [1.165, 1.54) is 0 Å². The molecule has 4 rings (SSSR count). The lowest BCUT2D eigenvalue weighted by Gasteiger charge is -2.31. The van der Waals surface area contributed by atoms with Crippen LogP contribution in [0, 0.1) is 0 Å². The molecule has 0 saturated carbocycles. The lowest BCUT2D eigenvalue weighted by Crippen LogP contribution is -2.34. The van der Waals surface area contributed by atoms with Crippen LogP contribution in [-0.4, -0.2) is 34.2 Å². The topological polar surface area (TPSA) is 160 Å². The van der Waals surface area contributed by atoms with Crippen molar-refractivity contribution in [2.45, 2.75) is 24.9 Å². The Morgan fingerprint density at radius 1 is 0.763 bits per heavy atom. The van der Waals surface area contributed by atoms with E-state index in [2.05, 4.69) is 0 Å². The molecule has 0 aliphatic carbocycles. The highest BCUT2D eigenvalue weighted by Crippen LogP contribution is 2.38. The molecule has 0 amide bonds. The number of hydrogen-bond acceptors (Lipinski definition) is 7. The lowest BCUT2D eigenvalue weighted by atomic mass is 9.72. The highest BCUT2D eigenvalue weighted by atomic mass is 16.5. The van der Waals surface area contributed by atoms with Crippen molar-refractivity contribution in [3.05, 3.63) is 108 Å². The first kappa shape index (κ1) is 28.2. The van der Waals surface area contributed by atoms with E-state index >= 15 is 0 Å². The zero-order valence-corrected chi connectivity index (χ0v) is 21.0. The van der Waals surface area contributed by atoms with E-state index in [0.717, 1.165) is 11.1 Å². The average Bonchev–Trinajstić information content (AvgIpc) is 2.89. The Balaban J connectivity index is 0.00000400. The number of nitrogen functional groups attached to an aromatic ring is 2. The van der Waals surface area contributed by atoms with Gasteiger partial charge in [-0.15, -0.1) is 0 Å². The summed E-state index contributed by atoms with van der Waals surface area (Å²) in [5.74, 6) is 2.01. The minimum atomic E-state index is -1.45. The summed E-state index contributed by atoms with van der Waals surface area (Å²) in [6.07, 6.45) is -1.46. The van der Waals surface area contributed by atoms with Gasteiger partial charge in [-0.25, -0.2) is 0 Å². The molecule has 1 atom stereocenters. The number of ether oxygens (including phenoxy) is 2. The molecule has 0 saturated heterocycles. The minimum absolute atomic E-state index is 0. The fourth-order valence-corrected chi connectivity index (χ4v) is 4.15. The van der Waals surface area contributed by atoms with Crippen LogP contribution in [0.1, 0.15) is 24.5 Å². The van der Waals surface area contributed by atoms with Crippen molar-refractivity contribution in [3.8, 4) is 23.0 Å². The van der Waals surface area contributed by atoms with Gasteiger partial charge in [0.05, 0.1) is 6.61 Å². The van der Waals surface area contributed by atoms with Crippen molar-refractivity contribution < 1.29 is 30.0 Å². The third-order valence-corrected chi connectivity index (χ3v) is 6.24. The van der Waals surface area contributed by atoms with Crippen LogP contribution in [0.5, 0.6) is 23.0 Å². The van der Waals surface area contributed by atoms with Gasteiger partial charge >= 0.3 is 0 Å². The first-order valence-corrected chi connectivity index (χ1v) is 11.9. The first-order valence-electron chi connectivity index (χ1n) is 11.9. The van der Waals surface area contributed by atoms with E-state index in [1.54, 1.807) is 24.3 Å². The molecule has 0 fully saturated rings. The Morgan fingerprint density at radius 2 is 1.18 bits per heavy atom. The van der Waals surface area contributed by atoms with Gasteiger partial charge < -0.3 is 36.6 Å². The predicted octanol–water partition coefficient (Wildman–Crippen LogP) is 4.23. The zero-order valence-electron chi connectivity index (χ0n) is 21.0. The zero-order chi connectivity index (χ0) is 26.4. The smallest absolute Gasteiger partial charge is 0.164 e. The van der Waals surface area contributed by atoms with Crippen LogP contribution < -0.4 is 20.9 Å². The summed E-state index contributed by atoms with van der Waals surface area (Å²) >= 11 is 0. The van der Waals surface area contributed by atoms with Crippen LogP contribution in [0.25, 0.3) is 0 Å². The maximum Gasteiger partial charge on any atom is 0.164 e. The third kappa shape index (κ3) is 6.68. The van der Waals surface area contributed by atoms with E-state index < -0.39 is 23.9 Å². The summed E-state index contributed by atoms with van der Waals surface area (Å²) in [5, 5.41) is 19.3. The molecule has 4 aromatic carbocycles. The largest absolute Gasteiger partial charge is 0.457 e. The second-order valence-corrected chi connectivity index (χ2v) is 9.07. The van der Waals surface area contributed by atoms with E-state index in [-0.39, 0.29) is 11.9 Å². The molecule has 0 bridgehead atoms. The molecule has 8 nitrogen and oxygen atoms in total. The lowest BCUT2D eigenvalue weighted by molar-refractivity contribution is -0.129. The van der Waals surface area contributed by atoms with Gasteiger partial charge in [0, 0.05) is 35.3 Å². The number of hydrogen-bond donors (Lipinski definition) is 4. The fraction of sp³-hybridized carbons (Fsp3) is 0.167. The molecule has 0 spiro atoms. The third-order valence-electron chi connectivity index (χ3n) is 6.24. The van der Waals surface area contributed by atoms with Crippen LogP contribution in [0.3, 0.4) is 0 Å². The van der Waals surface area contributed by atoms with Crippen LogP contribution >= 0.6 is 0 Å². The molecule has 8 N–H and O–H groups in total. The quantitative estimate of drug-likeness (QED) is 0.229. The fourth-order valence-electron chi connectivity index (χ4n) is 4.15. The second-order valence-electron chi connectivity index (χ2n) is 9.07. The van der Waals surface area contributed by atoms with Crippen molar-refractivity contribution in [1.82, 2.24) is 0 Å². The number of nitrogens with two attached hydrogens (primary N) is 2. The molecule has 8 heteroatoms. The van der Waals surface area contributed by atoms with Crippen molar-refractivity contribution in [3.63, 3.8) is 0 Å². The number of rotatable bonds is 10. The summed E-state index contributed by atoms with van der Waals surface area (Å²) < 4.78 is 11.8. The number of anilines is 2. The summed E-state index contributed by atoms with van der Waals surface area (Å²) in [4.78, 5) is 12.7. The molecule has 38 heavy (non-hydrogen) atoms. The molecule has 0 radical (unpaired) electrons. The number of benzene rings is 4. The monoisotopic (exact) mass is 516 g/mol. The van der Waals surface area contributed by atoms with Gasteiger partial charge in [0.1, 0.15) is 29.1 Å². The Bertz CT molecular complexity index is 1270. The molecular weight excluding hydrogens is 484 g/mol. The molecule has 1 unspecified atom stereocenters. The number of ketones is 1. The van der Waals surface area contributed by atoms with Crippen LogP contribution in [0.15, 0.2) is 97.1 Å². The minimum Gasteiger partial charge on any atom is -0.457 e. The van der Waals surface area contributed by atoms with E-state index in [4.69, 9.17) is 20.9 Å². The van der Waals surface area contributed by atoms with Gasteiger partial charge in [-0.2, -0.15) is 0 Å². The van der Waals surface area contributed by atoms with Crippen molar-refractivity contribution >= 4 is 17.2 Å². The molecular formula is C30H32N2O6. The first-order chi connectivity index (χ1) is 17.8. The number of carbonyl (C=O) groups excluding carboxylic acids is 1. The number of aliphatic hydroxyl groups excluding tert-OH is 2. The van der Waals surface area contributed by atoms with E-state index in [1.807, 2.05) is 79.7 Å². The predicted molar refractivity (Wildman–Crippen MR) is 148 cm³/mol. The maximum atomic E-state index is 12.7. The Labute approximate surface area is 221 Å². The van der Waals surface area contributed by atoms with E-state index in [9.17, 15) is 15.0 Å². The van der Waals surface area contributed by atoms with Crippen molar-refractivity contribution in [2.24, 2.45) is 0 Å².